The SMILES string of the molecule is Nc1c(-c2cccc(I)c2)ncn1Cc1ccccc1. The molecule has 2 aromatic carbocycles. The Morgan fingerprint density at radius 1 is 1.05 bits per heavy atom. The molecule has 0 bridgehead atoms. The highest BCUT2D eigenvalue weighted by molar-refractivity contribution is 14.1. The molecule has 1 aromatic heterocycles. The van der Waals surface area contributed by atoms with Crippen molar-refractivity contribution in [2.45, 2.75) is 6.54 Å². The van der Waals surface area contributed by atoms with Gasteiger partial charge in [-0.15, -0.1) is 0 Å². The molecule has 0 spiro atoms. The minimum absolute atomic E-state index is 0.704. The van der Waals surface area contributed by atoms with Crippen molar-refractivity contribution in [1.29, 1.82) is 0 Å². The maximum absolute atomic E-state index is 6.23. The van der Waals surface area contributed by atoms with Crippen LogP contribution < -0.4 is 5.73 Å². The molecule has 0 radical (unpaired) electrons. The van der Waals surface area contributed by atoms with Crippen LogP contribution in [0.4, 0.5) is 5.82 Å². The summed E-state index contributed by atoms with van der Waals surface area (Å²) in [5, 5.41) is 0. The highest BCUT2D eigenvalue weighted by Gasteiger charge is 2.10. The predicted octanol–water partition coefficient (Wildman–Crippen LogP) is 3.79. The molecule has 3 aromatic rings. The molecule has 3 nitrogen and oxygen atoms in total. The van der Waals surface area contributed by atoms with E-state index >= 15 is 0 Å². The van der Waals surface area contributed by atoms with Crippen molar-refractivity contribution in [2.24, 2.45) is 0 Å². The van der Waals surface area contributed by atoms with Crippen LogP contribution in [0.15, 0.2) is 60.9 Å². The molecule has 20 heavy (non-hydrogen) atoms. The van der Waals surface area contributed by atoms with E-state index < -0.39 is 0 Å². The average Bonchev–Trinajstić information content (AvgIpc) is 2.81. The summed E-state index contributed by atoms with van der Waals surface area (Å²) < 4.78 is 3.15. The maximum Gasteiger partial charge on any atom is 0.131 e. The fourth-order valence-corrected chi connectivity index (χ4v) is 2.70. The predicted molar refractivity (Wildman–Crippen MR) is 90.3 cm³/mol. The summed E-state index contributed by atoms with van der Waals surface area (Å²) in [6, 6.07) is 18.5. The number of imidazole rings is 1. The van der Waals surface area contributed by atoms with E-state index in [0.717, 1.165) is 17.8 Å². The highest BCUT2D eigenvalue weighted by Crippen LogP contribution is 2.26. The van der Waals surface area contributed by atoms with Gasteiger partial charge < -0.3 is 10.3 Å². The van der Waals surface area contributed by atoms with Crippen molar-refractivity contribution in [3.8, 4) is 11.3 Å². The lowest BCUT2D eigenvalue weighted by molar-refractivity contribution is 0.808. The monoisotopic (exact) mass is 375 g/mol. The highest BCUT2D eigenvalue weighted by atomic mass is 127. The number of aromatic nitrogens is 2. The Morgan fingerprint density at radius 2 is 1.85 bits per heavy atom. The Balaban J connectivity index is 1.93. The Labute approximate surface area is 131 Å². The van der Waals surface area contributed by atoms with Crippen molar-refractivity contribution >= 4 is 28.4 Å². The Kier molecular flexibility index (Phi) is 3.73. The molecule has 0 atom stereocenters. The number of halogens is 1. The number of nitrogens with two attached hydrogens (primary N) is 1. The quantitative estimate of drug-likeness (QED) is 0.708. The van der Waals surface area contributed by atoms with Gasteiger partial charge in [-0.3, -0.25) is 0 Å². The summed E-state index contributed by atoms with van der Waals surface area (Å²) in [6.45, 7) is 0.740. The molecule has 0 aliphatic heterocycles. The van der Waals surface area contributed by atoms with Crippen LogP contribution in [0.3, 0.4) is 0 Å². The van der Waals surface area contributed by atoms with Crippen LogP contribution >= 0.6 is 22.6 Å². The van der Waals surface area contributed by atoms with E-state index in [9.17, 15) is 0 Å². The van der Waals surface area contributed by atoms with Gasteiger partial charge in [0.1, 0.15) is 11.5 Å². The lowest BCUT2D eigenvalue weighted by Gasteiger charge is -2.06. The van der Waals surface area contributed by atoms with Crippen LogP contribution in [-0.2, 0) is 6.54 Å². The number of benzene rings is 2. The zero-order valence-electron chi connectivity index (χ0n) is 10.8. The smallest absolute Gasteiger partial charge is 0.131 e. The molecular formula is C16H14IN3. The Hall–Kier alpha value is -1.82. The van der Waals surface area contributed by atoms with Crippen LogP contribution in [0, 0.1) is 3.57 Å². The number of hydrogen-bond acceptors (Lipinski definition) is 2. The fraction of sp³-hybridized carbons (Fsp3) is 0.0625. The molecule has 4 heteroatoms. The summed E-state index contributed by atoms with van der Waals surface area (Å²) in [7, 11) is 0. The fourth-order valence-electron chi connectivity index (χ4n) is 2.16. The molecule has 0 saturated carbocycles. The van der Waals surface area contributed by atoms with Crippen molar-refractivity contribution in [3.63, 3.8) is 0 Å². The van der Waals surface area contributed by atoms with Crippen LogP contribution in [0.1, 0.15) is 5.56 Å². The first-order valence-corrected chi connectivity index (χ1v) is 7.42. The third-order valence-electron chi connectivity index (χ3n) is 3.17. The second kappa shape index (κ2) is 5.66. The maximum atomic E-state index is 6.23. The van der Waals surface area contributed by atoms with Crippen molar-refractivity contribution in [2.75, 3.05) is 5.73 Å². The molecule has 0 saturated heterocycles. The first-order chi connectivity index (χ1) is 9.74. The molecule has 3 rings (SSSR count). The molecule has 0 aliphatic carbocycles. The third-order valence-corrected chi connectivity index (χ3v) is 3.84. The van der Waals surface area contributed by atoms with Gasteiger partial charge in [0, 0.05) is 9.13 Å². The third kappa shape index (κ3) is 2.70. The summed E-state index contributed by atoms with van der Waals surface area (Å²) in [5.41, 5.74) is 9.35. The van der Waals surface area contributed by atoms with Crippen LogP contribution in [0.5, 0.6) is 0 Å². The summed E-state index contributed by atoms with van der Waals surface area (Å²) in [6.07, 6.45) is 1.80. The lowest BCUT2D eigenvalue weighted by atomic mass is 10.1. The standard InChI is InChI=1S/C16H14IN3/c17-14-8-4-7-13(9-14)15-16(18)20(11-19-15)10-12-5-2-1-3-6-12/h1-9,11H,10,18H2. The summed E-state index contributed by atoms with van der Waals surface area (Å²) in [5.74, 6) is 0.704. The Morgan fingerprint density at radius 3 is 2.60 bits per heavy atom. The molecule has 2 N–H and O–H groups in total. The number of anilines is 1. The topological polar surface area (TPSA) is 43.8 Å². The minimum Gasteiger partial charge on any atom is -0.383 e. The zero-order chi connectivity index (χ0) is 13.9. The number of hydrogen-bond donors (Lipinski definition) is 1. The zero-order valence-corrected chi connectivity index (χ0v) is 13.0. The number of rotatable bonds is 3. The molecule has 0 unspecified atom stereocenters. The Bertz CT molecular complexity index is 720. The first kappa shape index (κ1) is 13.2. The number of nitrogen functional groups attached to an aromatic ring is 1. The van der Waals surface area contributed by atoms with Gasteiger partial charge >= 0.3 is 0 Å². The molecule has 0 amide bonds. The van der Waals surface area contributed by atoms with Crippen LogP contribution in [-0.4, -0.2) is 9.55 Å². The van der Waals surface area contributed by atoms with E-state index in [1.165, 1.54) is 9.13 Å². The van der Waals surface area contributed by atoms with Gasteiger partial charge in [0.25, 0.3) is 0 Å². The van der Waals surface area contributed by atoms with Crippen molar-refractivity contribution in [1.82, 2.24) is 9.55 Å². The minimum atomic E-state index is 0.704. The van der Waals surface area contributed by atoms with Gasteiger partial charge in [0.2, 0.25) is 0 Å². The van der Waals surface area contributed by atoms with Gasteiger partial charge in [0.05, 0.1) is 12.9 Å². The number of nitrogens with zero attached hydrogens (tertiary/aromatic N) is 2. The molecule has 0 aliphatic rings. The molecular weight excluding hydrogens is 361 g/mol. The molecule has 0 fully saturated rings. The summed E-state index contributed by atoms with van der Waals surface area (Å²) in [4.78, 5) is 4.46. The van der Waals surface area contributed by atoms with E-state index in [0.29, 0.717) is 5.82 Å². The van der Waals surface area contributed by atoms with Gasteiger partial charge in [0.15, 0.2) is 0 Å². The van der Waals surface area contributed by atoms with Crippen LogP contribution in [0.2, 0.25) is 0 Å². The van der Waals surface area contributed by atoms with Gasteiger partial charge in [-0.2, -0.15) is 0 Å². The van der Waals surface area contributed by atoms with Gasteiger partial charge in [-0.05, 0) is 40.3 Å². The molecule has 1 heterocycles. The van der Waals surface area contributed by atoms with Crippen molar-refractivity contribution < 1.29 is 0 Å². The summed E-state index contributed by atoms with van der Waals surface area (Å²) >= 11 is 2.29. The van der Waals surface area contributed by atoms with Crippen LogP contribution in [0.25, 0.3) is 11.3 Å². The first-order valence-electron chi connectivity index (χ1n) is 6.34. The normalized spacial score (nSPS) is 10.7. The molecule has 100 valence electrons. The van der Waals surface area contributed by atoms with Gasteiger partial charge in [-0.25, -0.2) is 4.98 Å². The second-order valence-electron chi connectivity index (χ2n) is 4.60. The van der Waals surface area contributed by atoms with E-state index in [2.05, 4.69) is 51.8 Å². The van der Waals surface area contributed by atoms with E-state index in [4.69, 9.17) is 5.73 Å². The lowest BCUT2D eigenvalue weighted by Crippen LogP contribution is -2.03. The van der Waals surface area contributed by atoms with Gasteiger partial charge in [-0.1, -0.05) is 42.5 Å². The van der Waals surface area contributed by atoms with E-state index in [-0.39, 0.29) is 0 Å². The average molecular weight is 375 g/mol. The van der Waals surface area contributed by atoms with E-state index in [1.54, 1.807) is 6.33 Å². The van der Waals surface area contributed by atoms with Crippen molar-refractivity contribution in [3.05, 3.63) is 70.1 Å². The van der Waals surface area contributed by atoms with E-state index in [1.807, 2.05) is 34.9 Å². The largest absolute Gasteiger partial charge is 0.383 e. The second-order valence-corrected chi connectivity index (χ2v) is 5.85.